The van der Waals surface area contributed by atoms with E-state index < -0.39 is 10.0 Å². The Morgan fingerprint density at radius 1 is 1.10 bits per heavy atom. The Labute approximate surface area is 173 Å². The highest BCUT2D eigenvalue weighted by molar-refractivity contribution is 7.89. The number of aryl methyl sites for hydroxylation is 1. The molecule has 0 saturated carbocycles. The number of carbonyl (C=O) groups is 1. The SMILES string of the molecule is COCCNS(=O)(=O)c1ccc(C)c(C(=O)NCc2ccccc2CN(C)C)c1. The predicted molar refractivity (Wildman–Crippen MR) is 113 cm³/mol. The number of benzene rings is 2. The maximum atomic E-state index is 12.8. The van der Waals surface area contributed by atoms with E-state index in [1.807, 2.05) is 38.4 Å². The van der Waals surface area contributed by atoms with Gasteiger partial charge in [0, 0.05) is 32.3 Å². The second kappa shape index (κ2) is 10.5. The first-order valence-corrected chi connectivity index (χ1v) is 10.8. The minimum absolute atomic E-state index is 0.0531. The van der Waals surface area contributed by atoms with E-state index in [-0.39, 0.29) is 24.0 Å². The van der Waals surface area contributed by atoms with Crippen molar-refractivity contribution in [2.75, 3.05) is 34.4 Å². The van der Waals surface area contributed by atoms with Gasteiger partial charge in [0.1, 0.15) is 0 Å². The van der Waals surface area contributed by atoms with E-state index in [1.54, 1.807) is 13.0 Å². The van der Waals surface area contributed by atoms with Crippen molar-refractivity contribution < 1.29 is 17.9 Å². The summed E-state index contributed by atoms with van der Waals surface area (Å²) in [5.41, 5.74) is 3.20. The summed E-state index contributed by atoms with van der Waals surface area (Å²) in [5.74, 6) is -0.309. The number of rotatable bonds is 10. The second-order valence-corrected chi connectivity index (χ2v) is 8.82. The molecule has 29 heavy (non-hydrogen) atoms. The van der Waals surface area contributed by atoms with Crippen molar-refractivity contribution in [3.8, 4) is 0 Å². The van der Waals surface area contributed by atoms with Crippen LogP contribution < -0.4 is 10.0 Å². The van der Waals surface area contributed by atoms with Gasteiger partial charge in [-0.1, -0.05) is 30.3 Å². The lowest BCUT2D eigenvalue weighted by Crippen LogP contribution is -2.28. The molecule has 0 aliphatic rings. The fourth-order valence-electron chi connectivity index (χ4n) is 2.87. The van der Waals surface area contributed by atoms with Gasteiger partial charge in [0.05, 0.1) is 11.5 Å². The Kier molecular flexibility index (Phi) is 8.33. The molecule has 0 spiro atoms. The normalized spacial score (nSPS) is 11.6. The van der Waals surface area contributed by atoms with Crippen LogP contribution in [0.25, 0.3) is 0 Å². The van der Waals surface area contributed by atoms with E-state index in [0.717, 1.165) is 17.7 Å². The summed E-state index contributed by atoms with van der Waals surface area (Å²) < 4.78 is 32.2. The van der Waals surface area contributed by atoms with Crippen LogP contribution in [0.3, 0.4) is 0 Å². The summed E-state index contributed by atoms with van der Waals surface area (Å²) >= 11 is 0. The first kappa shape index (κ1) is 23.0. The van der Waals surface area contributed by atoms with Crippen molar-refractivity contribution >= 4 is 15.9 Å². The summed E-state index contributed by atoms with van der Waals surface area (Å²) in [7, 11) is 1.77. The van der Waals surface area contributed by atoms with E-state index in [2.05, 4.69) is 14.9 Å². The van der Waals surface area contributed by atoms with Gasteiger partial charge < -0.3 is 15.0 Å². The van der Waals surface area contributed by atoms with Crippen molar-refractivity contribution in [2.45, 2.75) is 24.9 Å². The highest BCUT2D eigenvalue weighted by Gasteiger charge is 2.18. The quantitative estimate of drug-likeness (QED) is 0.575. The molecule has 0 bridgehead atoms. The molecule has 0 atom stereocenters. The lowest BCUT2D eigenvalue weighted by molar-refractivity contribution is 0.0950. The Morgan fingerprint density at radius 2 is 1.79 bits per heavy atom. The van der Waals surface area contributed by atoms with Crippen LogP contribution in [0.1, 0.15) is 27.0 Å². The first-order valence-electron chi connectivity index (χ1n) is 9.33. The number of sulfonamides is 1. The van der Waals surface area contributed by atoms with Gasteiger partial charge in [-0.25, -0.2) is 13.1 Å². The van der Waals surface area contributed by atoms with Crippen molar-refractivity contribution in [3.05, 3.63) is 64.7 Å². The van der Waals surface area contributed by atoms with Gasteiger partial charge in [-0.3, -0.25) is 4.79 Å². The molecule has 0 aliphatic carbocycles. The number of ether oxygens (including phenoxy) is 1. The number of nitrogens with one attached hydrogen (secondary N) is 2. The minimum atomic E-state index is -3.71. The average molecular weight is 420 g/mol. The van der Waals surface area contributed by atoms with Gasteiger partial charge in [-0.05, 0) is 49.8 Å². The van der Waals surface area contributed by atoms with Crippen LogP contribution in [0, 0.1) is 6.92 Å². The maximum absolute atomic E-state index is 12.8. The number of nitrogens with zero attached hydrogens (tertiary/aromatic N) is 1. The Hall–Kier alpha value is -2.26. The molecule has 0 aliphatic heterocycles. The van der Waals surface area contributed by atoms with E-state index in [1.165, 1.54) is 19.2 Å². The fraction of sp³-hybridized carbons (Fsp3) is 0.381. The molecule has 1 amide bonds. The molecule has 7 nitrogen and oxygen atoms in total. The summed E-state index contributed by atoms with van der Waals surface area (Å²) in [6.07, 6.45) is 0. The van der Waals surface area contributed by atoms with Crippen LogP contribution in [0.5, 0.6) is 0 Å². The topological polar surface area (TPSA) is 87.7 Å². The molecule has 158 valence electrons. The number of methoxy groups -OCH3 is 1. The lowest BCUT2D eigenvalue weighted by atomic mass is 10.1. The van der Waals surface area contributed by atoms with Gasteiger partial charge in [-0.15, -0.1) is 0 Å². The third-order valence-electron chi connectivity index (χ3n) is 4.41. The number of carbonyl (C=O) groups excluding carboxylic acids is 1. The molecule has 0 radical (unpaired) electrons. The summed E-state index contributed by atoms with van der Waals surface area (Å²) in [6, 6.07) is 12.5. The fourth-order valence-corrected chi connectivity index (χ4v) is 3.91. The van der Waals surface area contributed by atoms with Crippen molar-refractivity contribution in [1.82, 2.24) is 14.9 Å². The molecule has 8 heteroatoms. The van der Waals surface area contributed by atoms with Gasteiger partial charge in [0.2, 0.25) is 10.0 Å². The summed E-state index contributed by atoms with van der Waals surface area (Å²) in [6.45, 7) is 3.35. The molecular formula is C21H29N3O4S. The Bertz CT molecular complexity index is 943. The minimum Gasteiger partial charge on any atom is -0.383 e. The molecule has 0 saturated heterocycles. The highest BCUT2D eigenvalue weighted by Crippen LogP contribution is 2.16. The van der Waals surface area contributed by atoms with Gasteiger partial charge in [-0.2, -0.15) is 0 Å². The predicted octanol–water partition coefficient (Wildman–Crippen LogP) is 1.91. The van der Waals surface area contributed by atoms with Crippen LogP contribution in [-0.4, -0.2) is 53.6 Å². The molecule has 2 aromatic carbocycles. The van der Waals surface area contributed by atoms with E-state index in [4.69, 9.17) is 4.74 Å². The molecule has 2 aromatic rings. The molecule has 0 unspecified atom stereocenters. The lowest BCUT2D eigenvalue weighted by Gasteiger charge is -2.15. The number of hydrogen-bond acceptors (Lipinski definition) is 5. The standard InChI is InChI=1S/C21H29N3O4S/c1-16-9-10-19(29(26,27)23-11-12-28-4)13-20(16)21(25)22-14-17-7-5-6-8-18(17)15-24(2)3/h5-10,13,23H,11-12,14-15H2,1-4H3,(H,22,25). The highest BCUT2D eigenvalue weighted by atomic mass is 32.2. The number of hydrogen-bond donors (Lipinski definition) is 2. The Morgan fingerprint density at radius 3 is 2.45 bits per heavy atom. The maximum Gasteiger partial charge on any atom is 0.251 e. The molecule has 2 rings (SSSR count). The Balaban J connectivity index is 2.16. The zero-order valence-electron chi connectivity index (χ0n) is 17.4. The van der Waals surface area contributed by atoms with Crippen LogP contribution in [-0.2, 0) is 27.8 Å². The van der Waals surface area contributed by atoms with E-state index in [0.29, 0.717) is 17.7 Å². The zero-order chi connectivity index (χ0) is 21.4. The molecule has 2 N–H and O–H groups in total. The van der Waals surface area contributed by atoms with Crippen LogP contribution >= 0.6 is 0 Å². The van der Waals surface area contributed by atoms with Crippen LogP contribution in [0.4, 0.5) is 0 Å². The van der Waals surface area contributed by atoms with Crippen molar-refractivity contribution in [1.29, 1.82) is 0 Å². The van der Waals surface area contributed by atoms with E-state index >= 15 is 0 Å². The van der Waals surface area contributed by atoms with Gasteiger partial charge >= 0.3 is 0 Å². The smallest absolute Gasteiger partial charge is 0.251 e. The largest absolute Gasteiger partial charge is 0.383 e. The molecular weight excluding hydrogens is 390 g/mol. The van der Waals surface area contributed by atoms with E-state index in [9.17, 15) is 13.2 Å². The third-order valence-corrected chi connectivity index (χ3v) is 5.87. The monoisotopic (exact) mass is 419 g/mol. The average Bonchev–Trinajstić information content (AvgIpc) is 2.67. The third kappa shape index (κ3) is 6.64. The van der Waals surface area contributed by atoms with Crippen LogP contribution in [0.2, 0.25) is 0 Å². The van der Waals surface area contributed by atoms with Crippen molar-refractivity contribution in [2.24, 2.45) is 0 Å². The molecule has 0 heterocycles. The summed E-state index contributed by atoms with van der Waals surface area (Å²) in [5, 5.41) is 2.91. The second-order valence-electron chi connectivity index (χ2n) is 7.06. The van der Waals surface area contributed by atoms with Gasteiger partial charge in [0.25, 0.3) is 5.91 Å². The first-order chi connectivity index (χ1) is 13.7. The molecule has 0 aromatic heterocycles. The van der Waals surface area contributed by atoms with Crippen molar-refractivity contribution in [3.63, 3.8) is 0 Å². The molecule has 0 fully saturated rings. The van der Waals surface area contributed by atoms with Gasteiger partial charge in [0.15, 0.2) is 0 Å². The number of amides is 1. The zero-order valence-corrected chi connectivity index (χ0v) is 18.2. The summed E-state index contributed by atoms with van der Waals surface area (Å²) in [4.78, 5) is 14.9. The van der Waals surface area contributed by atoms with Crippen LogP contribution in [0.15, 0.2) is 47.4 Å².